The van der Waals surface area contributed by atoms with Crippen LogP contribution in [0.5, 0.6) is 5.75 Å². The molecule has 0 saturated carbocycles. The van der Waals surface area contributed by atoms with Crippen molar-refractivity contribution in [2.45, 2.75) is 71.5 Å². The van der Waals surface area contributed by atoms with E-state index in [-0.39, 0.29) is 30.8 Å². The Morgan fingerprint density at radius 2 is 1.74 bits per heavy atom. The molecule has 5 rings (SSSR count). The molecule has 3 atom stereocenters. The van der Waals surface area contributed by atoms with Gasteiger partial charge in [-0.05, 0) is 87.4 Å². The Hall–Kier alpha value is -4.40. The topological polar surface area (TPSA) is 110 Å². The summed E-state index contributed by atoms with van der Waals surface area (Å²) in [5.74, 6) is 1.07. The molecule has 2 heterocycles. The Morgan fingerprint density at radius 1 is 1.02 bits per heavy atom. The summed E-state index contributed by atoms with van der Waals surface area (Å²) in [4.78, 5) is 45.0. The van der Waals surface area contributed by atoms with Gasteiger partial charge < -0.3 is 25.0 Å². The van der Waals surface area contributed by atoms with Crippen LogP contribution in [0.25, 0.3) is 10.8 Å². The molecule has 9 nitrogen and oxygen atoms in total. The molecule has 0 amide bonds. The fraction of sp³-hybridized carbons (Fsp3) is 0.394. The summed E-state index contributed by atoms with van der Waals surface area (Å²) >= 11 is 0. The van der Waals surface area contributed by atoms with Crippen LogP contribution in [-0.2, 0) is 22.4 Å². The lowest BCUT2D eigenvalue weighted by atomic mass is 10.0. The molecule has 1 saturated heterocycles. The quantitative estimate of drug-likeness (QED) is 0.188. The Balaban J connectivity index is 1.37. The van der Waals surface area contributed by atoms with E-state index in [1.165, 1.54) is 0 Å². The molecule has 0 bridgehead atoms. The molecular formula is C33H38N4O5. The number of ether oxygens (including phenoxy) is 2. The third-order valence-electron chi connectivity index (χ3n) is 8.10. The number of benzene rings is 2. The molecule has 4 aromatic rings. The summed E-state index contributed by atoms with van der Waals surface area (Å²) in [5.41, 5.74) is 2.20. The highest BCUT2D eigenvalue weighted by Crippen LogP contribution is 2.33. The van der Waals surface area contributed by atoms with Gasteiger partial charge in [0, 0.05) is 35.3 Å². The van der Waals surface area contributed by atoms with Crippen LogP contribution in [0.2, 0.25) is 0 Å². The summed E-state index contributed by atoms with van der Waals surface area (Å²) in [5, 5.41) is 8.54. The molecule has 0 spiro atoms. The molecule has 1 aromatic heterocycles. The summed E-state index contributed by atoms with van der Waals surface area (Å²) in [6.07, 6.45) is 2.98. The second kappa shape index (κ2) is 12.2. The molecule has 1 aliphatic rings. The Bertz CT molecular complexity index is 1640. The second-order valence-electron chi connectivity index (χ2n) is 10.9. The first-order valence-electron chi connectivity index (χ1n) is 14.6. The SMILES string of the molecule is CCOC(=O)[C@H](Cc1ccc(Nc2nc(CC)cc3cc(OC)ccc23)cc1)Nc1c(N2C(C)CCC2C)c(=O)c1=O. The lowest BCUT2D eigenvalue weighted by Crippen LogP contribution is -2.48. The van der Waals surface area contributed by atoms with Crippen LogP contribution in [-0.4, -0.2) is 42.8 Å². The maximum atomic E-state index is 13.0. The average molecular weight is 571 g/mol. The highest BCUT2D eigenvalue weighted by molar-refractivity contribution is 5.94. The zero-order chi connectivity index (χ0) is 30.0. The van der Waals surface area contributed by atoms with Crippen LogP contribution < -0.4 is 31.1 Å². The van der Waals surface area contributed by atoms with Crippen molar-refractivity contribution in [2.75, 3.05) is 29.3 Å². The normalized spacial score (nSPS) is 17.4. The van der Waals surface area contributed by atoms with Crippen molar-refractivity contribution < 1.29 is 14.3 Å². The van der Waals surface area contributed by atoms with Gasteiger partial charge in [0.25, 0.3) is 10.9 Å². The number of carbonyl (C=O) groups excluding carboxylic acids is 1. The molecule has 0 radical (unpaired) electrons. The van der Waals surface area contributed by atoms with Crippen LogP contribution in [0.4, 0.5) is 22.9 Å². The predicted molar refractivity (Wildman–Crippen MR) is 167 cm³/mol. The minimum atomic E-state index is -0.819. The lowest BCUT2D eigenvalue weighted by Gasteiger charge is -2.32. The van der Waals surface area contributed by atoms with Crippen LogP contribution in [0.1, 0.15) is 51.8 Å². The molecular weight excluding hydrogens is 532 g/mol. The van der Waals surface area contributed by atoms with Crippen LogP contribution in [0.15, 0.2) is 58.1 Å². The van der Waals surface area contributed by atoms with Crippen molar-refractivity contribution in [3.63, 3.8) is 0 Å². The molecule has 220 valence electrons. The van der Waals surface area contributed by atoms with Crippen molar-refractivity contribution in [1.29, 1.82) is 0 Å². The van der Waals surface area contributed by atoms with Gasteiger partial charge in [-0.2, -0.15) is 0 Å². The van der Waals surface area contributed by atoms with E-state index in [9.17, 15) is 14.4 Å². The standard InChI is InChI=1S/C33H38N4O5/c1-6-23-17-22-18-25(41-5)14-15-26(22)32(34-23)35-24-12-10-21(11-13-24)16-27(33(40)42-7-2)36-28-29(31(39)30(28)38)37-19(3)8-9-20(37)4/h10-15,17-20,27,36H,6-9,16H2,1-5H3,(H,34,35)/t19?,20?,27-/m0/s1. The summed E-state index contributed by atoms with van der Waals surface area (Å²) in [7, 11) is 1.65. The number of aryl methyl sites for hydroxylation is 1. The smallest absolute Gasteiger partial charge is 0.328 e. The summed E-state index contributed by atoms with van der Waals surface area (Å²) < 4.78 is 10.7. The second-order valence-corrected chi connectivity index (χ2v) is 10.9. The predicted octanol–water partition coefficient (Wildman–Crippen LogP) is 5.11. The van der Waals surface area contributed by atoms with Crippen LogP contribution in [0, 0.1) is 0 Å². The molecule has 9 heteroatoms. The number of hydrogen-bond donors (Lipinski definition) is 2. The van der Waals surface area contributed by atoms with E-state index in [1.807, 2.05) is 47.4 Å². The average Bonchev–Trinajstić information content (AvgIpc) is 3.33. The maximum Gasteiger partial charge on any atom is 0.328 e. The number of pyridine rings is 1. The van der Waals surface area contributed by atoms with E-state index in [1.54, 1.807) is 14.0 Å². The fourth-order valence-electron chi connectivity index (χ4n) is 5.80. The minimum Gasteiger partial charge on any atom is -0.497 e. The van der Waals surface area contributed by atoms with Gasteiger partial charge in [-0.25, -0.2) is 9.78 Å². The zero-order valence-corrected chi connectivity index (χ0v) is 24.8. The van der Waals surface area contributed by atoms with Crippen LogP contribution in [0.3, 0.4) is 0 Å². The molecule has 2 N–H and O–H groups in total. The van der Waals surface area contributed by atoms with E-state index >= 15 is 0 Å². The number of aromatic nitrogens is 1. The highest BCUT2D eigenvalue weighted by atomic mass is 16.5. The van der Waals surface area contributed by atoms with Gasteiger partial charge in [0.05, 0.1) is 13.7 Å². The van der Waals surface area contributed by atoms with Crippen molar-refractivity contribution in [3.05, 3.63) is 80.2 Å². The van der Waals surface area contributed by atoms with E-state index in [0.29, 0.717) is 5.69 Å². The van der Waals surface area contributed by atoms with E-state index in [4.69, 9.17) is 14.5 Å². The first-order chi connectivity index (χ1) is 20.2. The number of anilines is 4. The van der Waals surface area contributed by atoms with Crippen molar-refractivity contribution in [3.8, 4) is 5.75 Å². The number of rotatable bonds is 11. The van der Waals surface area contributed by atoms with E-state index < -0.39 is 22.9 Å². The molecule has 0 aliphatic carbocycles. The number of fused-ring (bicyclic) bond motifs is 1. The highest BCUT2D eigenvalue weighted by Gasteiger charge is 2.37. The third-order valence-corrected chi connectivity index (χ3v) is 8.10. The molecule has 2 unspecified atom stereocenters. The summed E-state index contributed by atoms with van der Waals surface area (Å²) in [6.45, 7) is 8.13. The Morgan fingerprint density at radius 3 is 2.38 bits per heavy atom. The minimum absolute atomic E-state index is 0.150. The number of nitrogens with one attached hydrogen (secondary N) is 2. The number of methoxy groups -OCH3 is 1. The van der Waals surface area contributed by atoms with Gasteiger partial charge in [0.2, 0.25) is 0 Å². The largest absolute Gasteiger partial charge is 0.497 e. The van der Waals surface area contributed by atoms with E-state index in [0.717, 1.165) is 58.5 Å². The number of nitrogens with zero attached hydrogens (tertiary/aromatic N) is 2. The van der Waals surface area contributed by atoms with Gasteiger partial charge in [-0.15, -0.1) is 0 Å². The van der Waals surface area contributed by atoms with Gasteiger partial charge in [0.15, 0.2) is 0 Å². The monoisotopic (exact) mass is 570 g/mol. The Labute approximate surface area is 245 Å². The van der Waals surface area contributed by atoms with Gasteiger partial charge in [-0.3, -0.25) is 9.59 Å². The fourth-order valence-corrected chi connectivity index (χ4v) is 5.80. The van der Waals surface area contributed by atoms with Gasteiger partial charge in [-0.1, -0.05) is 19.1 Å². The number of esters is 1. The third kappa shape index (κ3) is 5.68. The maximum absolute atomic E-state index is 13.0. The van der Waals surface area contributed by atoms with Crippen LogP contribution >= 0.6 is 0 Å². The summed E-state index contributed by atoms with van der Waals surface area (Å²) in [6, 6.07) is 15.2. The van der Waals surface area contributed by atoms with Crippen molar-refractivity contribution in [2.24, 2.45) is 0 Å². The van der Waals surface area contributed by atoms with Crippen molar-refractivity contribution in [1.82, 2.24) is 4.98 Å². The first kappa shape index (κ1) is 29.1. The zero-order valence-electron chi connectivity index (χ0n) is 24.8. The first-order valence-corrected chi connectivity index (χ1v) is 14.6. The Kier molecular flexibility index (Phi) is 8.47. The number of carbonyl (C=O) groups is 1. The van der Waals surface area contributed by atoms with Gasteiger partial charge in [0.1, 0.15) is 29.0 Å². The molecule has 3 aromatic carbocycles. The number of hydrogen-bond acceptors (Lipinski definition) is 9. The van der Waals surface area contributed by atoms with Gasteiger partial charge >= 0.3 is 5.97 Å². The molecule has 42 heavy (non-hydrogen) atoms. The molecule has 1 aliphatic heterocycles. The lowest BCUT2D eigenvalue weighted by molar-refractivity contribution is -0.144. The van der Waals surface area contributed by atoms with E-state index in [2.05, 4.69) is 37.5 Å². The molecule has 1 fully saturated rings. The van der Waals surface area contributed by atoms with Crippen molar-refractivity contribution >= 4 is 39.6 Å².